The smallest absolute Gasteiger partial charge is 0.251 e. The number of likely N-dealkylation sites (tertiary alicyclic amines) is 1. The Morgan fingerprint density at radius 1 is 1.44 bits per heavy atom. The maximum absolute atomic E-state index is 11.8. The van der Waals surface area contributed by atoms with Gasteiger partial charge >= 0.3 is 0 Å². The molecule has 0 aromatic carbocycles. The second-order valence-electron chi connectivity index (χ2n) is 5.07. The van der Waals surface area contributed by atoms with Crippen molar-refractivity contribution in [1.82, 2.24) is 10.3 Å². The van der Waals surface area contributed by atoms with Crippen LogP contribution in [0.1, 0.15) is 45.4 Å². The van der Waals surface area contributed by atoms with Gasteiger partial charge in [-0.25, -0.2) is 5.84 Å². The Labute approximate surface area is 97.5 Å². The van der Waals surface area contributed by atoms with Gasteiger partial charge in [0.2, 0.25) is 0 Å². The van der Waals surface area contributed by atoms with Crippen molar-refractivity contribution in [2.45, 2.75) is 57.5 Å². The van der Waals surface area contributed by atoms with Crippen molar-refractivity contribution in [3.8, 4) is 0 Å². The zero-order chi connectivity index (χ0) is 11.5. The van der Waals surface area contributed by atoms with Gasteiger partial charge in [0.25, 0.3) is 5.91 Å². The Morgan fingerprint density at radius 3 is 2.88 bits per heavy atom. The average molecular weight is 225 g/mol. The van der Waals surface area contributed by atoms with E-state index >= 15 is 0 Å². The van der Waals surface area contributed by atoms with Crippen LogP contribution in [0.3, 0.4) is 0 Å². The fourth-order valence-corrected chi connectivity index (χ4v) is 3.55. The number of carbonyl (C=O) groups excluding carboxylic acids is 1. The van der Waals surface area contributed by atoms with Crippen LogP contribution in [0.5, 0.6) is 0 Å². The van der Waals surface area contributed by atoms with Crippen LogP contribution in [-0.2, 0) is 4.79 Å². The van der Waals surface area contributed by atoms with Gasteiger partial charge in [-0.05, 0) is 44.6 Å². The van der Waals surface area contributed by atoms with Gasteiger partial charge in [0.15, 0.2) is 0 Å². The van der Waals surface area contributed by atoms with E-state index in [1.807, 2.05) is 0 Å². The Kier molecular flexibility index (Phi) is 3.82. The molecule has 2 rings (SSSR count). The summed E-state index contributed by atoms with van der Waals surface area (Å²) in [7, 11) is 0. The van der Waals surface area contributed by atoms with Crippen LogP contribution in [0.15, 0.2) is 0 Å². The SMILES string of the molecule is CCC(C(=O)NN)N1CCCC2CCCC21. The molecule has 0 radical (unpaired) electrons. The summed E-state index contributed by atoms with van der Waals surface area (Å²) in [5.41, 5.74) is 2.31. The molecule has 3 atom stereocenters. The fraction of sp³-hybridized carbons (Fsp3) is 0.917. The van der Waals surface area contributed by atoms with Crippen molar-refractivity contribution in [3.63, 3.8) is 0 Å². The minimum absolute atomic E-state index is 0.0177. The number of hydrogen-bond acceptors (Lipinski definition) is 3. The van der Waals surface area contributed by atoms with Crippen molar-refractivity contribution in [3.05, 3.63) is 0 Å². The van der Waals surface area contributed by atoms with Gasteiger partial charge in [-0.3, -0.25) is 15.1 Å². The van der Waals surface area contributed by atoms with Gasteiger partial charge in [-0.2, -0.15) is 0 Å². The number of fused-ring (bicyclic) bond motifs is 1. The van der Waals surface area contributed by atoms with E-state index < -0.39 is 0 Å². The molecule has 0 aromatic heterocycles. The monoisotopic (exact) mass is 225 g/mol. The normalized spacial score (nSPS) is 32.1. The van der Waals surface area contributed by atoms with E-state index in [4.69, 9.17) is 5.84 Å². The second-order valence-corrected chi connectivity index (χ2v) is 5.07. The minimum Gasteiger partial charge on any atom is -0.293 e. The highest BCUT2D eigenvalue weighted by Gasteiger charge is 2.39. The third-order valence-corrected chi connectivity index (χ3v) is 4.27. The van der Waals surface area contributed by atoms with Crippen molar-refractivity contribution in [2.75, 3.05) is 6.54 Å². The predicted octanol–water partition coefficient (Wildman–Crippen LogP) is 1.02. The average Bonchev–Trinajstić information content (AvgIpc) is 2.78. The Balaban J connectivity index is 2.08. The van der Waals surface area contributed by atoms with E-state index in [1.165, 1.54) is 32.1 Å². The number of hydrogen-bond donors (Lipinski definition) is 2. The number of piperidine rings is 1. The molecule has 4 nitrogen and oxygen atoms in total. The Hall–Kier alpha value is -0.610. The lowest BCUT2D eigenvalue weighted by atomic mass is 9.90. The summed E-state index contributed by atoms with van der Waals surface area (Å²) in [5.74, 6) is 6.07. The van der Waals surface area contributed by atoms with Crippen LogP contribution in [0.4, 0.5) is 0 Å². The Bertz CT molecular complexity index is 257. The van der Waals surface area contributed by atoms with Crippen LogP contribution in [0.2, 0.25) is 0 Å². The van der Waals surface area contributed by atoms with Gasteiger partial charge in [-0.1, -0.05) is 13.3 Å². The standard InChI is InChI=1S/C12H23N3O/c1-2-10(12(16)14-13)15-8-4-6-9-5-3-7-11(9)15/h9-11H,2-8,13H2,1H3,(H,14,16). The first-order valence-electron chi connectivity index (χ1n) is 6.54. The van der Waals surface area contributed by atoms with Gasteiger partial charge in [-0.15, -0.1) is 0 Å². The number of rotatable bonds is 3. The molecule has 2 fully saturated rings. The van der Waals surface area contributed by atoms with Crippen LogP contribution < -0.4 is 11.3 Å². The lowest BCUT2D eigenvalue weighted by molar-refractivity contribution is -0.128. The number of nitrogens with zero attached hydrogens (tertiary/aromatic N) is 1. The molecule has 1 heterocycles. The van der Waals surface area contributed by atoms with Gasteiger partial charge in [0.05, 0.1) is 6.04 Å². The van der Waals surface area contributed by atoms with Crippen molar-refractivity contribution in [2.24, 2.45) is 11.8 Å². The summed E-state index contributed by atoms with van der Waals surface area (Å²) in [6.07, 6.45) is 7.37. The first kappa shape index (κ1) is 11.9. The zero-order valence-electron chi connectivity index (χ0n) is 10.1. The molecular weight excluding hydrogens is 202 g/mol. The van der Waals surface area contributed by atoms with E-state index in [2.05, 4.69) is 17.2 Å². The molecule has 1 saturated heterocycles. The van der Waals surface area contributed by atoms with Gasteiger partial charge in [0.1, 0.15) is 0 Å². The summed E-state index contributed by atoms with van der Waals surface area (Å²) >= 11 is 0. The van der Waals surface area contributed by atoms with Crippen molar-refractivity contribution in [1.29, 1.82) is 0 Å². The quantitative estimate of drug-likeness (QED) is 0.428. The van der Waals surface area contributed by atoms with E-state index in [-0.39, 0.29) is 11.9 Å². The molecule has 1 amide bonds. The van der Waals surface area contributed by atoms with E-state index in [9.17, 15) is 4.79 Å². The predicted molar refractivity (Wildman–Crippen MR) is 63.5 cm³/mol. The molecule has 4 heteroatoms. The van der Waals surface area contributed by atoms with Crippen LogP contribution in [0.25, 0.3) is 0 Å². The molecule has 1 aliphatic heterocycles. The van der Waals surface area contributed by atoms with Crippen LogP contribution in [-0.4, -0.2) is 29.4 Å². The molecule has 0 spiro atoms. The number of nitrogens with one attached hydrogen (secondary N) is 1. The minimum atomic E-state index is -0.0185. The van der Waals surface area contributed by atoms with Crippen molar-refractivity contribution < 1.29 is 4.79 Å². The summed E-state index contributed by atoms with van der Waals surface area (Å²) < 4.78 is 0. The molecule has 0 bridgehead atoms. The molecular formula is C12H23N3O. The number of amides is 1. The molecule has 3 N–H and O–H groups in total. The molecule has 1 saturated carbocycles. The van der Waals surface area contributed by atoms with E-state index in [1.54, 1.807) is 0 Å². The second kappa shape index (κ2) is 5.15. The highest BCUT2D eigenvalue weighted by Crippen LogP contribution is 2.38. The van der Waals surface area contributed by atoms with Crippen LogP contribution >= 0.6 is 0 Å². The molecule has 2 aliphatic rings. The molecule has 1 aliphatic carbocycles. The maximum Gasteiger partial charge on any atom is 0.251 e. The first-order chi connectivity index (χ1) is 7.77. The first-order valence-corrected chi connectivity index (χ1v) is 6.54. The fourth-order valence-electron chi connectivity index (χ4n) is 3.55. The largest absolute Gasteiger partial charge is 0.293 e. The van der Waals surface area contributed by atoms with E-state index in [0.29, 0.717) is 6.04 Å². The molecule has 92 valence electrons. The summed E-state index contributed by atoms with van der Waals surface area (Å²) in [6, 6.07) is 0.617. The zero-order valence-corrected chi connectivity index (χ0v) is 10.1. The molecule has 0 aromatic rings. The topological polar surface area (TPSA) is 58.4 Å². The highest BCUT2D eigenvalue weighted by atomic mass is 16.2. The number of hydrazine groups is 1. The lowest BCUT2D eigenvalue weighted by Crippen LogP contribution is -2.55. The van der Waals surface area contributed by atoms with Gasteiger partial charge < -0.3 is 0 Å². The Morgan fingerprint density at radius 2 is 2.19 bits per heavy atom. The lowest BCUT2D eigenvalue weighted by Gasteiger charge is -2.41. The van der Waals surface area contributed by atoms with Crippen molar-refractivity contribution >= 4 is 5.91 Å². The molecule has 16 heavy (non-hydrogen) atoms. The third-order valence-electron chi connectivity index (χ3n) is 4.27. The number of carbonyl (C=O) groups is 1. The van der Waals surface area contributed by atoms with E-state index in [0.717, 1.165) is 18.9 Å². The summed E-state index contributed by atoms with van der Waals surface area (Å²) in [6.45, 7) is 3.13. The number of nitrogens with two attached hydrogens (primary N) is 1. The van der Waals surface area contributed by atoms with Gasteiger partial charge in [0, 0.05) is 6.04 Å². The third kappa shape index (κ3) is 2.09. The maximum atomic E-state index is 11.8. The van der Waals surface area contributed by atoms with Crippen LogP contribution in [0, 0.1) is 5.92 Å². The molecule has 3 unspecified atom stereocenters. The highest BCUT2D eigenvalue weighted by molar-refractivity contribution is 5.81. The summed E-state index contributed by atoms with van der Waals surface area (Å²) in [4.78, 5) is 14.2. The summed E-state index contributed by atoms with van der Waals surface area (Å²) in [5, 5.41) is 0.